The molecule has 0 unspecified atom stereocenters. The molecule has 1 atom stereocenters. The number of carbonyl (C=O) groups excluding carboxylic acids is 2. The van der Waals surface area contributed by atoms with Gasteiger partial charge in [0, 0.05) is 19.0 Å². The van der Waals surface area contributed by atoms with E-state index >= 15 is 0 Å². The fourth-order valence-electron chi connectivity index (χ4n) is 3.62. The molecule has 0 saturated carbocycles. The van der Waals surface area contributed by atoms with Crippen LogP contribution in [0.3, 0.4) is 0 Å². The summed E-state index contributed by atoms with van der Waals surface area (Å²) in [7, 11) is 3.17. The van der Waals surface area contributed by atoms with Gasteiger partial charge in [-0.3, -0.25) is 9.59 Å². The largest absolute Gasteiger partial charge is 0.497 e. The number of rotatable bonds is 6. The number of benzene rings is 2. The lowest BCUT2D eigenvalue weighted by Gasteiger charge is -2.25. The van der Waals surface area contributed by atoms with E-state index < -0.39 is 6.04 Å². The Kier molecular flexibility index (Phi) is 6.32. The van der Waals surface area contributed by atoms with E-state index in [2.05, 4.69) is 5.10 Å². The first-order valence-electron chi connectivity index (χ1n) is 10.0. The van der Waals surface area contributed by atoms with Crippen LogP contribution in [0.15, 0.2) is 71.1 Å². The summed E-state index contributed by atoms with van der Waals surface area (Å²) < 4.78 is 19.6. The molecule has 0 fully saturated rings. The minimum atomic E-state index is -0.409. The first-order chi connectivity index (χ1) is 15.5. The van der Waals surface area contributed by atoms with Gasteiger partial charge in [-0.15, -0.1) is 11.3 Å². The van der Waals surface area contributed by atoms with Gasteiger partial charge in [0.2, 0.25) is 0 Å². The zero-order valence-electron chi connectivity index (χ0n) is 17.7. The fourth-order valence-corrected chi connectivity index (χ4v) is 4.34. The van der Waals surface area contributed by atoms with E-state index in [1.165, 1.54) is 27.3 Å². The molecular weight excluding hydrogens is 429 g/mol. The number of nitrogens with zero attached hydrogens (tertiary/aromatic N) is 3. The number of methoxy groups -OCH3 is 1. The Morgan fingerprint density at radius 3 is 2.56 bits per heavy atom. The van der Waals surface area contributed by atoms with Crippen molar-refractivity contribution in [2.75, 3.05) is 20.7 Å². The highest BCUT2D eigenvalue weighted by Gasteiger charge is 2.34. The Morgan fingerprint density at radius 1 is 1.16 bits per heavy atom. The summed E-state index contributed by atoms with van der Waals surface area (Å²) in [6.07, 6.45) is 0.363. The third-order valence-electron chi connectivity index (χ3n) is 5.30. The topological polar surface area (TPSA) is 62.2 Å². The standard InChI is InChI=1S/C24H22FN3O3S/c1-27(24(30)22-8-5-13-32-22)15-23(29)28-21(16-9-11-17(31-2)12-10-16)14-20(26-28)18-6-3-4-7-19(18)25/h3-13,21H,14-15H2,1-2H3/t21-/m0/s1. The van der Waals surface area contributed by atoms with Gasteiger partial charge in [-0.1, -0.05) is 36.4 Å². The SMILES string of the molecule is COc1ccc([C@@H]2CC(c3ccccc3F)=NN2C(=O)CN(C)C(=O)c2cccs2)cc1. The Hall–Kier alpha value is -3.52. The van der Waals surface area contributed by atoms with Crippen LogP contribution in [0.1, 0.15) is 33.3 Å². The number of thiophene rings is 1. The lowest BCUT2D eigenvalue weighted by molar-refractivity contribution is -0.133. The number of ether oxygens (including phenoxy) is 1. The highest BCUT2D eigenvalue weighted by atomic mass is 32.1. The van der Waals surface area contributed by atoms with Gasteiger partial charge in [0.1, 0.15) is 18.1 Å². The van der Waals surface area contributed by atoms with E-state index in [0.29, 0.717) is 28.3 Å². The monoisotopic (exact) mass is 451 g/mol. The molecule has 164 valence electrons. The maximum atomic E-state index is 14.4. The van der Waals surface area contributed by atoms with Crippen molar-refractivity contribution in [2.45, 2.75) is 12.5 Å². The lowest BCUT2D eigenvalue weighted by atomic mass is 9.98. The molecule has 0 N–H and O–H groups in total. The van der Waals surface area contributed by atoms with Gasteiger partial charge in [-0.05, 0) is 35.2 Å². The summed E-state index contributed by atoms with van der Waals surface area (Å²) in [5.74, 6) is -0.267. The average Bonchev–Trinajstić information content (AvgIpc) is 3.49. The van der Waals surface area contributed by atoms with E-state index in [9.17, 15) is 14.0 Å². The van der Waals surface area contributed by atoms with Crippen LogP contribution in [0.5, 0.6) is 5.75 Å². The molecule has 0 saturated heterocycles. The summed E-state index contributed by atoms with van der Waals surface area (Å²) >= 11 is 1.32. The van der Waals surface area contributed by atoms with Gasteiger partial charge >= 0.3 is 0 Å². The fraction of sp³-hybridized carbons (Fsp3) is 0.208. The number of hydrazone groups is 1. The first-order valence-corrected chi connectivity index (χ1v) is 10.9. The molecule has 2 amide bonds. The van der Waals surface area contributed by atoms with E-state index in [0.717, 1.165) is 5.56 Å². The van der Waals surface area contributed by atoms with Crippen LogP contribution < -0.4 is 4.74 Å². The molecule has 6 nitrogen and oxygen atoms in total. The number of carbonyl (C=O) groups is 2. The molecule has 1 aromatic heterocycles. The van der Waals surface area contributed by atoms with Crippen molar-refractivity contribution in [3.63, 3.8) is 0 Å². The molecule has 8 heteroatoms. The van der Waals surface area contributed by atoms with E-state index in [-0.39, 0.29) is 24.2 Å². The highest BCUT2D eigenvalue weighted by molar-refractivity contribution is 7.12. The average molecular weight is 452 g/mol. The Balaban J connectivity index is 1.61. The van der Waals surface area contributed by atoms with Gasteiger partial charge in [-0.25, -0.2) is 9.40 Å². The smallest absolute Gasteiger partial charge is 0.264 e. The molecule has 4 rings (SSSR count). The number of halogens is 1. The normalized spacial score (nSPS) is 15.4. The predicted octanol–water partition coefficient (Wildman–Crippen LogP) is 4.35. The van der Waals surface area contributed by atoms with E-state index in [1.807, 2.05) is 29.6 Å². The summed E-state index contributed by atoms with van der Waals surface area (Å²) in [5, 5.41) is 7.66. The van der Waals surface area contributed by atoms with Crippen molar-refractivity contribution in [1.29, 1.82) is 0 Å². The Morgan fingerprint density at radius 2 is 1.91 bits per heavy atom. The Labute approximate surface area is 189 Å². The molecule has 0 bridgehead atoms. The Bertz CT molecular complexity index is 1150. The maximum Gasteiger partial charge on any atom is 0.264 e. The van der Waals surface area contributed by atoms with Crippen LogP contribution in [0.4, 0.5) is 4.39 Å². The lowest BCUT2D eigenvalue weighted by Crippen LogP contribution is -2.39. The highest BCUT2D eigenvalue weighted by Crippen LogP contribution is 2.34. The summed E-state index contributed by atoms with van der Waals surface area (Å²) in [4.78, 5) is 27.7. The predicted molar refractivity (Wildman–Crippen MR) is 121 cm³/mol. The molecule has 2 aromatic carbocycles. The van der Waals surface area contributed by atoms with Crippen LogP contribution in [-0.2, 0) is 4.79 Å². The van der Waals surface area contributed by atoms with Crippen LogP contribution >= 0.6 is 11.3 Å². The van der Waals surface area contributed by atoms with Gasteiger partial charge in [0.25, 0.3) is 11.8 Å². The summed E-state index contributed by atoms with van der Waals surface area (Å²) in [6, 6.07) is 16.8. The van der Waals surface area contributed by atoms with Gasteiger partial charge in [0.15, 0.2) is 0 Å². The van der Waals surface area contributed by atoms with Crippen LogP contribution in [0.25, 0.3) is 0 Å². The third-order valence-corrected chi connectivity index (χ3v) is 6.16. The molecule has 0 spiro atoms. The minimum absolute atomic E-state index is 0.141. The maximum absolute atomic E-state index is 14.4. The van der Waals surface area contributed by atoms with E-state index in [4.69, 9.17) is 4.74 Å². The zero-order chi connectivity index (χ0) is 22.7. The van der Waals surface area contributed by atoms with Crippen molar-refractivity contribution in [2.24, 2.45) is 5.10 Å². The molecule has 1 aliphatic rings. The van der Waals surface area contributed by atoms with E-state index in [1.54, 1.807) is 44.5 Å². The van der Waals surface area contributed by atoms with Gasteiger partial charge in [0.05, 0.1) is 23.7 Å². The van der Waals surface area contributed by atoms with Crippen molar-refractivity contribution < 1.29 is 18.7 Å². The number of hydrogen-bond acceptors (Lipinski definition) is 5. The minimum Gasteiger partial charge on any atom is -0.497 e. The second kappa shape index (κ2) is 9.32. The molecule has 32 heavy (non-hydrogen) atoms. The molecule has 3 aromatic rings. The van der Waals surface area contributed by atoms with Crippen molar-refractivity contribution in [3.8, 4) is 5.75 Å². The first kappa shape index (κ1) is 21.7. The number of likely N-dealkylation sites (N-methyl/N-ethyl adjacent to an activating group) is 1. The van der Waals surface area contributed by atoms with Crippen LogP contribution in [-0.4, -0.2) is 48.1 Å². The molecule has 2 heterocycles. The van der Waals surface area contributed by atoms with Crippen LogP contribution in [0, 0.1) is 5.82 Å². The molecule has 1 aliphatic heterocycles. The van der Waals surface area contributed by atoms with Gasteiger partial charge < -0.3 is 9.64 Å². The second-order valence-corrected chi connectivity index (χ2v) is 8.34. The van der Waals surface area contributed by atoms with Crippen molar-refractivity contribution in [3.05, 3.63) is 87.9 Å². The summed E-state index contributed by atoms with van der Waals surface area (Å²) in [6.45, 7) is -0.141. The number of hydrogen-bond donors (Lipinski definition) is 0. The zero-order valence-corrected chi connectivity index (χ0v) is 18.5. The van der Waals surface area contributed by atoms with Crippen molar-refractivity contribution in [1.82, 2.24) is 9.91 Å². The van der Waals surface area contributed by atoms with Gasteiger partial charge in [-0.2, -0.15) is 5.10 Å². The molecule has 0 aliphatic carbocycles. The van der Waals surface area contributed by atoms with Crippen LogP contribution in [0.2, 0.25) is 0 Å². The van der Waals surface area contributed by atoms with Crippen molar-refractivity contribution >= 4 is 28.9 Å². The number of amides is 2. The summed E-state index contributed by atoms with van der Waals surface area (Å²) in [5.41, 5.74) is 1.70. The second-order valence-electron chi connectivity index (χ2n) is 7.40. The molecule has 0 radical (unpaired) electrons. The molecular formula is C24H22FN3O3S. The third kappa shape index (κ3) is 4.40. The quantitative estimate of drug-likeness (QED) is 0.560.